The van der Waals surface area contributed by atoms with Crippen molar-refractivity contribution in [3.8, 4) is 0 Å². The summed E-state index contributed by atoms with van der Waals surface area (Å²) in [7, 11) is 0. The Hall–Kier alpha value is -1.89. The molecule has 0 aromatic carbocycles. The second-order valence-electron chi connectivity index (χ2n) is 4.94. The van der Waals surface area contributed by atoms with Crippen LogP contribution in [0.2, 0.25) is 0 Å². The van der Waals surface area contributed by atoms with Crippen molar-refractivity contribution in [1.82, 2.24) is 10.2 Å². The third-order valence-corrected chi connectivity index (χ3v) is 3.57. The van der Waals surface area contributed by atoms with Crippen LogP contribution < -0.4 is 5.32 Å². The molecule has 0 spiro atoms. The van der Waals surface area contributed by atoms with Crippen LogP contribution in [-0.2, 0) is 0 Å². The number of nitro groups is 1. The van der Waals surface area contributed by atoms with E-state index in [9.17, 15) is 14.9 Å². The predicted molar refractivity (Wildman–Crippen MR) is 72.5 cm³/mol. The van der Waals surface area contributed by atoms with Crippen LogP contribution in [0.3, 0.4) is 0 Å². The molecule has 7 heteroatoms. The van der Waals surface area contributed by atoms with Crippen molar-refractivity contribution in [3.05, 3.63) is 28.0 Å². The summed E-state index contributed by atoms with van der Waals surface area (Å²) in [6.45, 7) is 5.34. The smallest absolute Gasteiger partial charge is 0.395 e. The SMILES string of the molecule is CCNCC1CCN(C(=O)c2ccc([N+](=O)[O-])o2)CC1. The van der Waals surface area contributed by atoms with Crippen LogP contribution in [0.4, 0.5) is 5.88 Å². The zero-order valence-electron chi connectivity index (χ0n) is 11.5. The molecule has 1 aromatic rings. The Morgan fingerprint density at radius 3 is 2.75 bits per heavy atom. The fourth-order valence-electron chi connectivity index (χ4n) is 2.39. The van der Waals surface area contributed by atoms with Gasteiger partial charge in [0.15, 0.2) is 5.76 Å². The highest BCUT2D eigenvalue weighted by atomic mass is 16.6. The summed E-state index contributed by atoms with van der Waals surface area (Å²) >= 11 is 0. The summed E-state index contributed by atoms with van der Waals surface area (Å²) in [5, 5.41) is 13.8. The maximum absolute atomic E-state index is 12.2. The van der Waals surface area contributed by atoms with E-state index in [0.29, 0.717) is 19.0 Å². The molecule has 0 saturated carbocycles. The maximum atomic E-state index is 12.2. The number of hydrogen-bond acceptors (Lipinski definition) is 5. The predicted octanol–water partition coefficient (Wildman–Crippen LogP) is 1.65. The molecular weight excluding hydrogens is 262 g/mol. The van der Waals surface area contributed by atoms with Crippen LogP contribution in [0.5, 0.6) is 0 Å². The highest BCUT2D eigenvalue weighted by Crippen LogP contribution is 2.21. The van der Waals surface area contributed by atoms with Crippen LogP contribution in [-0.4, -0.2) is 41.9 Å². The number of nitrogens with one attached hydrogen (secondary N) is 1. The molecule has 0 radical (unpaired) electrons. The summed E-state index contributed by atoms with van der Waals surface area (Å²) in [6, 6.07) is 2.58. The van der Waals surface area contributed by atoms with Gasteiger partial charge in [0.1, 0.15) is 4.92 Å². The van der Waals surface area contributed by atoms with Crippen molar-refractivity contribution in [2.45, 2.75) is 19.8 Å². The maximum Gasteiger partial charge on any atom is 0.433 e. The Labute approximate surface area is 117 Å². The van der Waals surface area contributed by atoms with Gasteiger partial charge in [0.05, 0.1) is 6.07 Å². The largest absolute Gasteiger partial charge is 0.433 e. The number of piperidine rings is 1. The van der Waals surface area contributed by atoms with Crippen molar-refractivity contribution < 1.29 is 14.1 Å². The molecule has 1 saturated heterocycles. The lowest BCUT2D eigenvalue weighted by Gasteiger charge is -2.31. The monoisotopic (exact) mass is 281 g/mol. The van der Waals surface area contributed by atoms with Gasteiger partial charge in [-0.3, -0.25) is 14.9 Å². The first-order valence-corrected chi connectivity index (χ1v) is 6.86. The Kier molecular flexibility index (Phi) is 4.73. The zero-order chi connectivity index (χ0) is 14.5. The molecular formula is C13H19N3O4. The number of nitrogens with zero attached hydrogens (tertiary/aromatic N) is 2. The van der Waals surface area contributed by atoms with Crippen molar-refractivity contribution in [1.29, 1.82) is 0 Å². The van der Waals surface area contributed by atoms with E-state index >= 15 is 0 Å². The summed E-state index contributed by atoms with van der Waals surface area (Å²) in [5.41, 5.74) is 0. The Morgan fingerprint density at radius 2 is 2.20 bits per heavy atom. The van der Waals surface area contributed by atoms with E-state index in [0.717, 1.165) is 25.9 Å². The highest BCUT2D eigenvalue weighted by molar-refractivity contribution is 5.91. The number of furan rings is 1. The zero-order valence-corrected chi connectivity index (χ0v) is 11.5. The third kappa shape index (κ3) is 3.36. The molecule has 7 nitrogen and oxygen atoms in total. The molecule has 0 aliphatic carbocycles. The van der Waals surface area contributed by atoms with E-state index in [-0.39, 0.29) is 11.7 Å². The summed E-state index contributed by atoms with van der Waals surface area (Å²) < 4.78 is 4.95. The Bertz CT molecular complexity index is 478. The first kappa shape index (κ1) is 14.5. The molecule has 2 heterocycles. The number of carbonyl (C=O) groups is 1. The second-order valence-corrected chi connectivity index (χ2v) is 4.94. The summed E-state index contributed by atoms with van der Waals surface area (Å²) in [6.07, 6.45) is 1.89. The van der Waals surface area contributed by atoms with Crippen molar-refractivity contribution in [2.24, 2.45) is 5.92 Å². The normalized spacial score (nSPS) is 16.4. The fraction of sp³-hybridized carbons (Fsp3) is 0.615. The lowest BCUT2D eigenvalue weighted by molar-refractivity contribution is -0.402. The minimum Gasteiger partial charge on any atom is -0.395 e. The molecule has 1 aromatic heterocycles. The quantitative estimate of drug-likeness (QED) is 0.655. The van der Waals surface area contributed by atoms with Crippen LogP contribution in [0, 0.1) is 16.0 Å². The van der Waals surface area contributed by atoms with E-state index in [1.807, 2.05) is 0 Å². The average molecular weight is 281 g/mol. The van der Waals surface area contributed by atoms with Gasteiger partial charge in [0, 0.05) is 13.1 Å². The van der Waals surface area contributed by atoms with E-state index < -0.39 is 10.8 Å². The number of likely N-dealkylation sites (tertiary alicyclic amines) is 1. The standard InChI is InChI=1S/C13H19N3O4/c1-2-14-9-10-5-7-15(8-6-10)13(17)11-3-4-12(20-11)16(18)19/h3-4,10,14H,2,5-9H2,1H3. The van der Waals surface area contributed by atoms with Crippen molar-refractivity contribution in [3.63, 3.8) is 0 Å². The number of hydrogen-bond donors (Lipinski definition) is 1. The topological polar surface area (TPSA) is 88.6 Å². The second kappa shape index (κ2) is 6.51. The van der Waals surface area contributed by atoms with Crippen LogP contribution >= 0.6 is 0 Å². The molecule has 0 bridgehead atoms. The van der Waals surface area contributed by atoms with Crippen molar-refractivity contribution >= 4 is 11.8 Å². The molecule has 1 amide bonds. The Morgan fingerprint density at radius 1 is 1.50 bits per heavy atom. The molecule has 20 heavy (non-hydrogen) atoms. The van der Waals surface area contributed by atoms with Crippen LogP contribution in [0.1, 0.15) is 30.3 Å². The molecule has 110 valence electrons. The molecule has 1 aliphatic rings. The number of rotatable bonds is 5. The fourth-order valence-corrected chi connectivity index (χ4v) is 2.39. The molecule has 1 N–H and O–H groups in total. The number of amides is 1. The molecule has 1 fully saturated rings. The van der Waals surface area contributed by atoms with Crippen LogP contribution in [0.25, 0.3) is 0 Å². The minimum absolute atomic E-state index is 0.0434. The van der Waals surface area contributed by atoms with Gasteiger partial charge in [0.25, 0.3) is 5.91 Å². The van der Waals surface area contributed by atoms with E-state index in [4.69, 9.17) is 4.42 Å². The van der Waals surface area contributed by atoms with Gasteiger partial charge >= 0.3 is 5.88 Å². The minimum atomic E-state index is -0.639. The van der Waals surface area contributed by atoms with E-state index in [2.05, 4.69) is 12.2 Å². The molecule has 1 aliphatic heterocycles. The Balaban J connectivity index is 1.89. The van der Waals surface area contributed by atoms with Gasteiger partial charge in [-0.2, -0.15) is 0 Å². The van der Waals surface area contributed by atoms with Gasteiger partial charge in [-0.1, -0.05) is 6.92 Å². The molecule has 2 rings (SSSR count). The third-order valence-electron chi connectivity index (χ3n) is 3.57. The van der Waals surface area contributed by atoms with Gasteiger partial charge in [-0.25, -0.2) is 0 Å². The average Bonchev–Trinajstić information content (AvgIpc) is 2.95. The lowest BCUT2D eigenvalue weighted by atomic mass is 9.96. The highest BCUT2D eigenvalue weighted by Gasteiger charge is 2.26. The first-order chi connectivity index (χ1) is 9.61. The van der Waals surface area contributed by atoms with E-state index in [1.54, 1.807) is 4.90 Å². The van der Waals surface area contributed by atoms with Gasteiger partial charge in [-0.05, 0) is 37.9 Å². The first-order valence-electron chi connectivity index (χ1n) is 6.86. The van der Waals surface area contributed by atoms with Crippen molar-refractivity contribution in [2.75, 3.05) is 26.2 Å². The summed E-state index contributed by atoms with van der Waals surface area (Å²) in [4.78, 5) is 23.7. The van der Waals surface area contributed by atoms with Gasteiger partial charge < -0.3 is 14.6 Å². The number of carbonyl (C=O) groups excluding carboxylic acids is 1. The van der Waals surface area contributed by atoms with Gasteiger partial charge in [-0.15, -0.1) is 0 Å². The van der Waals surface area contributed by atoms with Gasteiger partial charge in [0.2, 0.25) is 0 Å². The summed E-state index contributed by atoms with van der Waals surface area (Å²) in [5.74, 6) is -0.0258. The van der Waals surface area contributed by atoms with Crippen LogP contribution in [0.15, 0.2) is 16.5 Å². The molecule has 0 atom stereocenters. The molecule has 0 unspecified atom stereocenters. The van der Waals surface area contributed by atoms with E-state index in [1.165, 1.54) is 12.1 Å². The lowest BCUT2D eigenvalue weighted by Crippen LogP contribution is -2.40.